The third-order valence-corrected chi connectivity index (χ3v) is 4.41. The molecule has 4 nitrogen and oxygen atoms in total. The number of pyridine rings is 1. The molecule has 22 heavy (non-hydrogen) atoms. The average molecular weight is 315 g/mol. The van der Waals surface area contributed by atoms with Gasteiger partial charge in [0.15, 0.2) is 0 Å². The number of aryl methyl sites for hydroxylation is 1. The fourth-order valence-corrected chi connectivity index (χ4v) is 3.11. The van der Waals surface area contributed by atoms with Crippen molar-refractivity contribution in [1.82, 2.24) is 4.57 Å². The predicted molar refractivity (Wildman–Crippen MR) is 88.8 cm³/mol. The first-order valence-electron chi connectivity index (χ1n) is 7.08. The van der Waals surface area contributed by atoms with Gasteiger partial charge in [-0.05, 0) is 36.1 Å². The smallest absolute Gasteiger partial charge is 0.259 e. The largest absolute Gasteiger partial charge is 0.491 e. The average Bonchev–Trinajstić information content (AvgIpc) is 2.99. The first kappa shape index (κ1) is 14.8. The Morgan fingerprint density at radius 2 is 2.09 bits per heavy atom. The summed E-state index contributed by atoms with van der Waals surface area (Å²) < 4.78 is 8.11. The Hall–Kier alpha value is -2.11. The van der Waals surface area contributed by atoms with Gasteiger partial charge < -0.3 is 14.4 Å². The van der Waals surface area contributed by atoms with Crippen LogP contribution in [0.3, 0.4) is 0 Å². The highest BCUT2D eigenvalue weighted by Crippen LogP contribution is 2.17. The first-order valence-corrected chi connectivity index (χ1v) is 7.96. The molecule has 0 aliphatic heterocycles. The van der Waals surface area contributed by atoms with E-state index in [1.54, 1.807) is 6.20 Å². The van der Waals surface area contributed by atoms with Crippen molar-refractivity contribution in [2.24, 2.45) is 0 Å². The van der Waals surface area contributed by atoms with Crippen LogP contribution >= 0.6 is 11.3 Å². The first-order chi connectivity index (χ1) is 10.6. The van der Waals surface area contributed by atoms with Gasteiger partial charge in [-0.3, -0.25) is 4.79 Å². The van der Waals surface area contributed by atoms with Gasteiger partial charge in [-0.15, -0.1) is 11.3 Å². The number of fused-ring (bicyclic) bond motifs is 1. The van der Waals surface area contributed by atoms with Crippen molar-refractivity contribution in [3.05, 3.63) is 63.9 Å². The normalized spacial score (nSPS) is 12.5. The van der Waals surface area contributed by atoms with Crippen molar-refractivity contribution in [2.75, 3.05) is 6.61 Å². The lowest BCUT2D eigenvalue weighted by Gasteiger charge is -2.15. The van der Waals surface area contributed by atoms with Crippen molar-refractivity contribution in [3.8, 4) is 5.75 Å². The van der Waals surface area contributed by atoms with Crippen LogP contribution in [-0.4, -0.2) is 22.4 Å². The minimum atomic E-state index is -0.742. The second kappa shape index (κ2) is 6.34. The molecule has 1 aromatic carbocycles. The van der Waals surface area contributed by atoms with Crippen LogP contribution in [0.4, 0.5) is 0 Å². The van der Waals surface area contributed by atoms with E-state index in [1.165, 1.54) is 15.9 Å². The summed E-state index contributed by atoms with van der Waals surface area (Å²) in [4.78, 5) is 12.3. The van der Waals surface area contributed by atoms with Crippen LogP contribution in [0.5, 0.6) is 5.75 Å². The number of nitrogens with zero attached hydrogens (tertiary/aromatic N) is 1. The summed E-state index contributed by atoms with van der Waals surface area (Å²) in [7, 11) is 0. The Labute approximate surface area is 132 Å². The number of para-hydroxylation sites is 1. The summed E-state index contributed by atoms with van der Waals surface area (Å²) in [5.41, 5.74) is 0.945. The predicted octanol–water partition coefficient (Wildman–Crippen LogP) is 2.81. The number of ether oxygens (including phenoxy) is 1. The quantitative estimate of drug-likeness (QED) is 0.787. The van der Waals surface area contributed by atoms with E-state index in [-0.39, 0.29) is 18.7 Å². The maximum atomic E-state index is 12.3. The summed E-state index contributed by atoms with van der Waals surface area (Å²) in [5, 5.41) is 12.7. The van der Waals surface area contributed by atoms with E-state index in [1.807, 2.05) is 48.7 Å². The Kier molecular flexibility index (Phi) is 4.27. The molecule has 2 heterocycles. The Balaban J connectivity index is 1.68. The number of hydrogen-bond acceptors (Lipinski definition) is 4. The van der Waals surface area contributed by atoms with Crippen molar-refractivity contribution < 1.29 is 9.84 Å². The van der Waals surface area contributed by atoms with Gasteiger partial charge in [-0.2, -0.15) is 0 Å². The molecule has 1 unspecified atom stereocenters. The van der Waals surface area contributed by atoms with Gasteiger partial charge in [-0.25, -0.2) is 0 Å². The van der Waals surface area contributed by atoms with E-state index in [4.69, 9.17) is 4.74 Å². The summed E-state index contributed by atoms with van der Waals surface area (Å²) in [6.07, 6.45) is 0.978. The third-order valence-electron chi connectivity index (χ3n) is 3.52. The molecule has 3 rings (SSSR count). The SMILES string of the molecule is Cc1ccccc1OCC(O)Cn1ccc2sccc2c1=O. The number of thiophene rings is 1. The Morgan fingerprint density at radius 3 is 2.91 bits per heavy atom. The molecule has 5 heteroatoms. The van der Waals surface area contributed by atoms with E-state index >= 15 is 0 Å². The minimum absolute atomic E-state index is 0.0753. The van der Waals surface area contributed by atoms with Crippen molar-refractivity contribution in [1.29, 1.82) is 0 Å². The number of aliphatic hydroxyl groups excluding tert-OH is 1. The van der Waals surface area contributed by atoms with Crippen LogP contribution in [0.2, 0.25) is 0 Å². The summed E-state index contributed by atoms with van der Waals surface area (Å²) >= 11 is 1.54. The van der Waals surface area contributed by atoms with Crippen molar-refractivity contribution in [2.45, 2.75) is 19.6 Å². The van der Waals surface area contributed by atoms with E-state index < -0.39 is 6.10 Å². The lowest BCUT2D eigenvalue weighted by atomic mass is 10.2. The highest BCUT2D eigenvalue weighted by Gasteiger charge is 2.10. The molecule has 0 bridgehead atoms. The van der Waals surface area contributed by atoms with Crippen LogP contribution in [0.1, 0.15) is 5.56 Å². The standard InChI is InChI=1S/C17H17NO3S/c1-12-4-2-3-5-15(12)21-11-13(19)10-18-8-6-16-14(17(18)20)7-9-22-16/h2-9,13,19H,10-11H2,1H3. The molecule has 0 aliphatic carbocycles. The Morgan fingerprint density at radius 1 is 1.27 bits per heavy atom. The fourth-order valence-electron chi connectivity index (χ4n) is 2.33. The zero-order valence-electron chi connectivity index (χ0n) is 12.2. The third kappa shape index (κ3) is 3.05. The maximum Gasteiger partial charge on any atom is 0.259 e. The molecule has 0 aliphatic rings. The monoisotopic (exact) mass is 315 g/mol. The van der Waals surface area contributed by atoms with E-state index in [2.05, 4.69) is 0 Å². The number of rotatable bonds is 5. The van der Waals surface area contributed by atoms with Gasteiger partial charge in [-0.1, -0.05) is 18.2 Å². The molecule has 0 fully saturated rings. The van der Waals surface area contributed by atoms with Gasteiger partial charge in [0.25, 0.3) is 5.56 Å². The highest BCUT2D eigenvalue weighted by molar-refractivity contribution is 7.17. The minimum Gasteiger partial charge on any atom is -0.491 e. The lowest BCUT2D eigenvalue weighted by molar-refractivity contribution is 0.0914. The molecule has 0 saturated carbocycles. The molecular formula is C17H17NO3S. The van der Waals surface area contributed by atoms with Crippen LogP contribution in [0.25, 0.3) is 10.1 Å². The van der Waals surface area contributed by atoms with E-state index in [0.717, 1.165) is 16.0 Å². The molecule has 114 valence electrons. The number of hydrogen-bond donors (Lipinski definition) is 1. The van der Waals surface area contributed by atoms with Crippen molar-refractivity contribution >= 4 is 21.4 Å². The molecule has 0 radical (unpaired) electrons. The zero-order valence-corrected chi connectivity index (χ0v) is 13.0. The number of benzene rings is 1. The summed E-state index contributed by atoms with van der Waals surface area (Å²) in [6, 6.07) is 11.4. The van der Waals surface area contributed by atoms with Gasteiger partial charge in [0.2, 0.25) is 0 Å². The zero-order chi connectivity index (χ0) is 15.5. The fraction of sp³-hybridized carbons (Fsp3) is 0.235. The van der Waals surface area contributed by atoms with Gasteiger partial charge in [0.1, 0.15) is 18.5 Å². The Bertz CT molecular complexity index is 837. The summed E-state index contributed by atoms with van der Waals surface area (Å²) in [5.74, 6) is 0.752. The van der Waals surface area contributed by atoms with Gasteiger partial charge in [0, 0.05) is 10.9 Å². The van der Waals surface area contributed by atoms with Crippen LogP contribution in [0.15, 0.2) is 52.8 Å². The number of aliphatic hydroxyl groups is 1. The molecular weight excluding hydrogens is 298 g/mol. The lowest BCUT2D eigenvalue weighted by Crippen LogP contribution is -2.29. The van der Waals surface area contributed by atoms with E-state index in [0.29, 0.717) is 5.39 Å². The molecule has 3 aromatic rings. The molecule has 2 aromatic heterocycles. The van der Waals surface area contributed by atoms with Gasteiger partial charge in [0.05, 0.1) is 11.9 Å². The van der Waals surface area contributed by atoms with Crippen molar-refractivity contribution in [3.63, 3.8) is 0 Å². The summed E-state index contributed by atoms with van der Waals surface area (Å²) in [6.45, 7) is 2.33. The van der Waals surface area contributed by atoms with Crippen LogP contribution in [0, 0.1) is 6.92 Å². The molecule has 1 N–H and O–H groups in total. The topological polar surface area (TPSA) is 51.5 Å². The maximum absolute atomic E-state index is 12.3. The van der Waals surface area contributed by atoms with Crippen LogP contribution < -0.4 is 10.3 Å². The van der Waals surface area contributed by atoms with E-state index in [9.17, 15) is 9.90 Å². The molecule has 1 atom stereocenters. The highest BCUT2D eigenvalue weighted by atomic mass is 32.1. The van der Waals surface area contributed by atoms with Gasteiger partial charge >= 0.3 is 0 Å². The second-order valence-corrected chi connectivity index (χ2v) is 6.15. The molecule has 0 spiro atoms. The van der Waals surface area contributed by atoms with Crippen LogP contribution in [-0.2, 0) is 6.54 Å². The molecule has 0 amide bonds. The second-order valence-electron chi connectivity index (χ2n) is 5.20. The number of aromatic nitrogens is 1. The molecule has 0 saturated heterocycles.